The maximum atomic E-state index is 12.4. The first-order chi connectivity index (χ1) is 13.0. The molecule has 2 aromatic rings. The van der Waals surface area contributed by atoms with Crippen LogP contribution in [0.4, 0.5) is 5.69 Å². The zero-order valence-corrected chi connectivity index (χ0v) is 15.1. The van der Waals surface area contributed by atoms with Crippen molar-refractivity contribution in [2.45, 2.75) is 13.0 Å². The third-order valence-electron chi connectivity index (χ3n) is 3.90. The minimum absolute atomic E-state index is 0.160. The SMILES string of the molecule is COC(=O)c1ccc(O[C@H](C)C(=O)Nc2ccc3c(c2)OCO3)c(OC)c1. The predicted octanol–water partition coefficient (Wildman–Crippen LogP) is 2.62. The van der Waals surface area contributed by atoms with Gasteiger partial charge in [-0.25, -0.2) is 4.79 Å². The Balaban J connectivity index is 1.68. The molecule has 8 heteroatoms. The van der Waals surface area contributed by atoms with Gasteiger partial charge in [0, 0.05) is 11.8 Å². The van der Waals surface area contributed by atoms with Crippen molar-refractivity contribution in [2.24, 2.45) is 0 Å². The zero-order valence-electron chi connectivity index (χ0n) is 15.1. The van der Waals surface area contributed by atoms with E-state index in [1.165, 1.54) is 26.4 Å². The minimum atomic E-state index is -0.812. The van der Waals surface area contributed by atoms with Gasteiger partial charge in [-0.2, -0.15) is 0 Å². The van der Waals surface area contributed by atoms with E-state index in [4.69, 9.17) is 18.9 Å². The van der Waals surface area contributed by atoms with Crippen LogP contribution in [0.2, 0.25) is 0 Å². The molecule has 0 saturated carbocycles. The fourth-order valence-electron chi connectivity index (χ4n) is 2.47. The Morgan fingerprint density at radius 2 is 1.81 bits per heavy atom. The van der Waals surface area contributed by atoms with Gasteiger partial charge in [-0.1, -0.05) is 0 Å². The number of nitrogens with one attached hydrogen (secondary N) is 1. The van der Waals surface area contributed by atoms with Crippen molar-refractivity contribution in [2.75, 3.05) is 26.3 Å². The van der Waals surface area contributed by atoms with E-state index in [2.05, 4.69) is 10.1 Å². The quantitative estimate of drug-likeness (QED) is 0.778. The van der Waals surface area contributed by atoms with E-state index < -0.39 is 12.1 Å². The van der Waals surface area contributed by atoms with Crippen molar-refractivity contribution in [3.8, 4) is 23.0 Å². The average Bonchev–Trinajstić information content (AvgIpc) is 3.15. The molecule has 2 aromatic carbocycles. The van der Waals surface area contributed by atoms with E-state index in [0.29, 0.717) is 34.2 Å². The summed E-state index contributed by atoms with van der Waals surface area (Å²) in [6.07, 6.45) is -0.812. The molecule has 0 aromatic heterocycles. The molecule has 142 valence electrons. The molecule has 0 aliphatic carbocycles. The van der Waals surface area contributed by atoms with Crippen molar-refractivity contribution in [1.29, 1.82) is 0 Å². The summed E-state index contributed by atoms with van der Waals surface area (Å²) in [6.45, 7) is 1.77. The summed E-state index contributed by atoms with van der Waals surface area (Å²) in [7, 11) is 2.74. The number of esters is 1. The number of carbonyl (C=O) groups is 2. The summed E-state index contributed by atoms with van der Waals surface area (Å²) in [6, 6.07) is 9.69. The largest absolute Gasteiger partial charge is 0.493 e. The fourth-order valence-corrected chi connectivity index (χ4v) is 2.47. The average molecular weight is 373 g/mol. The molecule has 1 amide bonds. The summed E-state index contributed by atoms with van der Waals surface area (Å²) in [4.78, 5) is 24.0. The van der Waals surface area contributed by atoms with Gasteiger partial charge < -0.3 is 29.0 Å². The Bertz CT molecular complexity index is 865. The molecule has 0 radical (unpaired) electrons. The molecule has 1 aliphatic rings. The van der Waals surface area contributed by atoms with Gasteiger partial charge >= 0.3 is 5.97 Å². The number of carbonyl (C=O) groups excluding carboxylic acids is 2. The maximum Gasteiger partial charge on any atom is 0.337 e. The predicted molar refractivity (Wildman–Crippen MR) is 95.6 cm³/mol. The maximum absolute atomic E-state index is 12.4. The standard InChI is InChI=1S/C19H19NO7/c1-11(18(21)20-13-5-7-14-17(9-13)26-10-25-14)27-15-6-4-12(19(22)24-3)8-16(15)23-2/h4-9,11H,10H2,1-3H3,(H,20,21)/t11-/m1/s1. The molecular weight excluding hydrogens is 354 g/mol. The Kier molecular flexibility index (Phi) is 5.35. The molecule has 1 N–H and O–H groups in total. The van der Waals surface area contributed by atoms with Gasteiger partial charge in [-0.15, -0.1) is 0 Å². The van der Waals surface area contributed by atoms with Crippen molar-refractivity contribution in [1.82, 2.24) is 0 Å². The highest BCUT2D eigenvalue weighted by Gasteiger charge is 2.20. The number of rotatable bonds is 6. The van der Waals surface area contributed by atoms with Gasteiger partial charge in [0.1, 0.15) is 0 Å². The lowest BCUT2D eigenvalue weighted by molar-refractivity contribution is -0.122. The smallest absolute Gasteiger partial charge is 0.337 e. The molecular formula is C19H19NO7. The van der Waals surface area contributed by atoms with Gasteiger partial charge in [-0.05, 0) is 37.3 Å². The highest BCUT2D eigenvalue weighted by atomic mass is 16.7. The number of methoxy groups -OCH3 is 2. The molecule has 1 aliphatic heterocycles. The van der Waals surface area contributed by atoms with Crippen LogP contribution >= 0.6 is 0 Å². The number of ether oxygens (including phenoxy) is 5. The highest BCUT2D eigenvalue weighted by Crippen LogP contribution is 2.34. The van der Waals surface area contributed by atoms with Crippen molar-refractivity contribution >= 4 is 17.6 Å². The number of hydrogen-bond acceptors (Lipinski definition) is 7. The van der Waals surface area contributed by atoms with Crippen molar-refractivity contribution in [3.63, 3.8) is 0 Å². The Labute approximate surface area is 155 Å². The van der Waals surface area contributed by atoms with Crippen molar-refractivity contribution in [3.05, 3.63) is 42.0 Å². The molecule has 0 saturated heterocycles. The van der Waals surface area contributed by atoms with E-state index in [1.54, 1.807) is 31.2 Å². The molecule has 0 fully saturated rings. The minimum Gasteiger partial charge on any atom is -0.493 e. The summed E-state index contributed by atoms with van der Waals surface area (Å²) in [5.41, 5.74) is 0.881. The molecule has 1 heterocycles. The van der Waals surface area contributed by atoms with E-state index >= 15 is 0 Å². The van der Waals surface area contributed by atoms with Crippen LogP contribution in [-0.4, -0.2) is 39.0 Å². The van der Waals surface area contributed by atoms with Crippen LogP contribution in [0.1, 0.15) is 17.3 Å². The van der Waals surface area contributed by atoms with Gasteiger partial charge in [0.25, 0.3) is 5.91 Å². The number of amides is 1. The summed E-state index contributed by atoms with van der Waals surface area (Å²) in [5.74, 6) is 1.01. The number of fused-ring (bicyclic) bond motifs is 1. The second kappa shape index (κ2) is 7.86. The Morgan fingerprint density at radius 1 is 1.04 bits per heavy atom. The fraction of sp³-hybridized carbons (Fsp3) is 0.263. The first-order valence-corrected chi connectivity index (χ1v) is 8.15. The molecule has 3 rings (SSSR count). The zero-order chi connectivity index (χ0) is 19.4. The first kappa shape index (κ1) is 18.4. The van der Waals surface area contributed by atoms with E-state index in [1.807, 2.05) is 0 Å². The molecule has 1 atom stereocenters. The molecule has 0 spiro atoms. The van der Waals surface area contributed by atoms with E-state index in [-0.39, 0.29) is 12.7 Å². The molecule has 0 bridgehead atoms. The Hall–Kier alpha value is -3.42. The van der Waals surface area contributed by atoms with Crippen LogP contribution in [0.5, 0.6) is 23.0 Å². The summed E-state index contributed by atoms with van der Waals surface area (Å²) in [5, 5.41) is 2.75. The summed E-state index contributed by atoms with van der Waals surface area (Å²) >= 11 is 0. The van der Waals surface area contributed by atoms with Gasteiger partial charge in [0.05, 0.1) is 19.8 Å². The second-order valence-corrected chi connectivity index (χ2v) is 5.67. The summed E-state index contributed by atoms with van der Waals surface area (Å²) < 4.78 is 26.1. The van der Waals surface area contributed by atoms with Crippen LogP contribution < -0.4 is 24.3 Å². The molecule has 27 heavy (non-hydrogen) atoms. The normalized spacial score (nSPS) is 12.9. The number of hydrogen-bond donors (Lipinski definition) is 1. The lowest BCUT2D eigenvalue weighted by Crippen LogP contribution is -2.30. The molecule has 8 nitrogen and oxygen atoms in total. The van der Waals surface area contributed by atoms with Crippen LogP contribution in [0.15, 0.2) is 36.4 Å². The topological polar surface area (TPSA) is 92.3 Å². The van der Waals surface area contributed by atoms with Gasteiger partial charge in [0.2, 0.25) is 6.79 Å². The van der Waals surface area contributed by atoms with Crippen molar-refractivity contribution < 1.29 is 33.3 Å². The third-order valence-corrected chi connectivity index (χ3v) is 3.90. The third kappa shape index (κ3) is 4.05. The van der Waals surface area contributed by atoms with Crippen LogP contribution in [0.3, 0.4) is 0 Å². The van der Waals surface area contributed by atoms with Crippen LogP contribution in [-0.2, 0) is 9.53 Å². The number of benzene rings is 2. The van der Waals surface area contributed by atoms with Crippen LogP contribution in [0, 0.1) is 0 Å². The molecule has 0 unspecified atom stereocenters. The van der Waals surface area contributed by atoms with E-state index in [9.17, 15) is 9.59 Å². The first-order valence-electron chi connectivity index (χ1n) is 8.15. The lowest BCUT2D eigenvalue weighted by Gasteiger charge is -2.17. The number of anilines is 1. The van der Waals surface area contributed by atoms with E-state index in [0.717, 1.165) is 0 Å². The monoisotopic (exact) mass is 373 g/mol. The van der Waals surface area contributed by atoms with Crippen LogP contribution in [0.25, 0.3) is 0 Å². The lowest BCUT2D eigenvalue weighted by atomic mass is 10.2. The Morgan fingerprint density at radius 3 is 2.56 bits per heavy atom. The van der Waals surface area contributed by atoms with Gasteiger partial charge in [0.15, 0.2) is 29.1 Å². The van der Waals surface area contributed by atoms with Gasteiger partial charge in [-0.3, -0.25) is 4.79 Å². The second-order valence-electron chi connectivity index (χ2n) is 5.67. The highest BCUT2D eigenvalue weighted by molar-refractivity contribution is 5.94.